The molecule has 2 aromatic carbocycles. The number of halogens is 1. The van der Waals surface area contributed by atoms with Crippen molar-refractivity contribution in [3.8, 4) is 11.5 Å². The number of methoxy groups -OCH3 is 1. The largest absolute Gasteiger partial charge is 0.507 e. The molecule has 3 rings (SSSR count). The zero-order valence-corrected chi connectivity index (χ0v) is 14.7. The number of phenols is 1. The Balaban J connectivity index is 1.78. The van der Waals surface area contributed by atoms with Gasteiger partial charge in [-0.05, 0) is 48.8 Å². The van der Waals surface area contributed by atoms with E-state index in [0.29, 0.717) is 34.7 Å². The molecule has 0 aromatic heterocycles. The molecule has 130 valence electrons. The standard InChI is InChI=1S/C18H18FN3O2S/c1-10-9-13(17-14(23)8-7-11(19)16(10)17)21-22-18(25)20-12-5-3-4-6-15(12)24-2/h3-8,10,23H,9H2,1-2H3,(H2,20,22,25)/b21-13+/t10-/m0/s1. The summed E-state index contributed by atoms with van der Waals surface area (Å²) in [7, 11) is 1.57. The summed E-state index contributed by atoms with van der Waals surface area (Å²) < 4.78 is 19.3. The van der Waals surface area contributed by atoms with Gasteiger partial charge in [0.15, 0.2) is 5.11 Å². The lowest BCUT2D eigenvalue weighted by molar-refractivity contribution is 0.417. The third-order valence-corrected chi connectivity index (χ3v) is 4.29. The molecule has 0 heterocycles. The number of aromatic hydroxyl groups is 1. The smallest absolute Gasteiger partial charge is 0.191 e. The molecule has 3 N–H and O–H groups in total. The SMILES string of the molecule is COc1ccccc1NC(=S)N/N=C1\C[C@H](C)c2c(F)ccc(O)c21. The summed E-state index contributed by atoms with van der Waals surface area (Å²) in [5.74, 6) is 0.280. The molecule has 5 nitrogen and oxygen atoms in total. The monoisotopic (exact) mass is 359 g/mol. The molecule has 7 heteroatoms. The number of hydrazone groups is 1. The fourth-order valence-corrected chi connectivity index (χ4v) is 3.14. The van der Waals surface area contributed by atoms with Crippen molar-refractivity contribution >= 4 is 28.7 Å². The van der Waals surface area contributed by atoms with Crippen LogP contribution in [-0.2, 0) is 0 Å². The summed E-state index contributed by atoms with van der Waals surface area (Å²) in [4.78, 5) is 0. The van der Waals surface area contributed by atoms with Crippen LogP contribution in [0.15, 0.2) is 41.5 Å². The minimum atomic E-state index is -0.333. The van der Waals surface area contributed by atoms with Crippen molar-refractivity contribution in [2.75, 3.05) is 12.4 Å². The van der Waals surface area contributed by atoms with Gasteiger partial charge in [-0.25, -0.2) is 4.39 Å². The number of hydrogen-bond acceptors (Lipinski definition) is 4. The molecule has 0 amide bonds. The van der Waals surface area contributed by atoms with Gasteiger partial charge < -0.3 is 15.2 Å². The van der Waals surface area contributed by atoms with Crippen LogP contribution in [0, 0.1) is 5.82 Å². The first-order valence-corrected chi connectivity index (χ1v) is 8.20. The van der Waals surface area contributed by atoms with E-state index in [-0.39, 0.29) is 22.6 Å². The second kappa shape index (κ2) is 7.06. The topological polar surface area (TPSA) is 65.9 Å². The molecule has 0 unspecified atom stereocenters. The molecule has 2 aromatic rings. The van der Waals surface area contributed by atoms with Crippen molar-refractivity contribution in [2.24, 2.45) is 5.10 Å². The van der Waals surface area contributed by atoms with Gasteiger partial charge in [-0.2, -0.15) is 5.10 Å². The number of fused-ring (bicyclic) bond motifs is 1. The van der Waals surface area contributed by atoms with E-state index in [4.69, 9.17) is 17.0 Å². The number of anilines is 1. The summed E-state index contributed by atoms with van der Waals surface area (Å²) in [6, 6.07) is 9.96. The van der Waals surface area contributed by atoms with E-state index in [1.807, 2.05) is 31.2 Å². The van der Waals surface area contributed by atoms with Crippen molar-refractivity contribution in [3.63, 3.8) is 0 Å². The fourth-order valence-electron chi connectivity index (χ4n) is 2.98. The fraction of sp³-hybridized carbons (Fsp3) is 0.222. The minimum absolute atomic E-state index is 0.0184. The molecule has 0 radical (unpaired) electrons. The van der Waals surface area contributed by atoms with Crippen LogP contribution in [0.1, 0.15) is 30.4 Å². The molecule has 1 atom stereocenters. The summed E-state index contributed by atoms with van der Waals surface area (Å²) in [5.41, 5.74) is 4.96. The Labute approximate surface area is 150 Å². The zero-order chi connectivity index (χ0) is 18.0. The summed E-state index contributed by atoms with van der Waals surface area (Å²) in [5, 5.41) is 17.6. The number of hydrogen-bond donors (Lipinski definition) is 3. The maximum absolute atomic E-state index is 14.0. The molecular formula is C18H18FN3O2S. The lowest BCUT2D eigenvalue weighted by atomic mass is 10.0. The molecule has 25 heavy (non-hydrogen) atoms. The molecule has 0 spiro atoms. The first kappa shape index (κ1) is 17.2. The Morgan fingerprint density at radius 1 is 1.32 bits per heavy atom. The summed E-state index contributed by atoms with van der Waals surface area (Å²) in [6.45, 7) is 1.90. The zero-order valence-electron chi connectivity index (χ0n) is 13.8. The Morgan fingerprint density at radius 3 is 2.84 bits per heavy atom. The Bertz CT molecular complexity index is 854. The summed E-state index contributed by atoms with van der Waals surface area (Å²) >= 11 is 5.24. The van der Waals surface area contributed by atoms with Crippen LogP contribution in [0.25, 0.3) is 0 Å². The molecule has 1 aliphatic rings. The van der Waals surface area contributed by atoms with Crippen molar-refractivity contribution in [1.29, 1.82) is 0 Å². The number of thiocarbonyl (C=S) groups is 1. The molecule has 0 fully saturated rings. The van der Waals surface area contributed by atoms with Crippen molar-refractivity contribution in [1.82, 2.24) is 5.43 Å². The van der Waals surface area contributed by atoms with E-state index < -0.39 is 0 Å². The van der Waals surface area contributed by atoms with Crippen LogP contribution < -0.4 is 15.5 Å². The molecule has 1 aliphatic carbocycles. The number of para-hydroxylation sites is 2. The van der Waals surface area contributed by atoms with Gasteiger partial charge in [-0.15, -0.1) is 0 Å². The third kappa shape index (κ3) is 3.41. The highest BCUT2D eigenvalue weighted by molar-refractivity contribution is 7.80. The van der Waals surface area contributed by atoms with Crippen LogP contribution in [0.2, 0.25) is 0 Å². The Hall–Kier alpha value is -2.67. The molecule has 0 saturated carbocycles. The van der Waals surface area contributed by atoms with E-state index in [9.17, 15) is 9.50 Å². The Kier molecular flexibility index (Phi) is 4.85. The van der Waals surface area contributed by atoms with Crippen LogP contribution in [-0.4, -0.2) is 23.0 Å². The highest BCUT2D eigenvalue weighted by Crippen LogP contribution is 2.39. The molecule has 0 bridgehead atoms. The number of benzene rings is 2. The molecular weight excluding hydrogens is 341 g/mol. The van der Waals surface area contributed by atoms with Gasteiger partial charge in [-0.1, -0.05) is 19.1 Å². The molecule has 0 aliphatic heterocycles. The van der Waals surface area contributed by atoms with Gasteiger partial charge in [0.2, 0.25) is 0 Å². The Morgan fingerprint density at radius 2 is 2.08 bits per heavy atom. The van der Waals surface area contributed by atoms with Crippen molar-refractivity contribution in [3.05, 3.63) is 53.3 Å². The number of rotatable bonds is 3. The van der Waals surface area contributed by atoms with Crippen LogP contribution in [0.5, 0.6) is 11.5 Å². The van der Waals surface area contributed by atoms with Gasteiger partial charge in [0.1, 0.15) is 17.3 Å². The maximum Gasteiger partial charge on any atom is 0.191 e. The summed E-state index contributed by atoms with van der Waals surface area (Å²) in [6.07, 6.45) is 0.522. The average Bonchev–Trinajstić information content (AvgIpc) is 2.94. The van der Waals surface area contributed by atoms with E-state index in [1.54, 1.807) is 7.11 Å². The predicted octanol–water partition coefficient (Wildman–Crippen LogP) is 3.74. The lowest BCUT2D eigenvalue weighted by Crippen LogP contribution is -2.25. The van der Waals surface area contributed by atoms with Crippen molar-refractivity contribution in [2.45, 2.75) is 19.3 Å². The normalized spacial score (nSPS) is 17.2. The highest BCUT2D eigenvalue weighted by atomic mass is 32.1. The van der Waals surface area contributed by atoms with Crippen LogP contribution in [0.4, 0.5) is 10.1 Å². The first-order valence-electron chi connectivity index (χ1n) is 7.79. The van der Waals surface area contributed by atoms with Crippen LogP contribution in [0.3, 0.4) is 0 Å². The van der Waals surface area contributed by atoms with Gasteiger partial charge in [0, 0.05) is 11.1 Å². The van der Waals surface area contributed by atoms with Crippen molar-refractivity contribution < 1.29 is 14.2 Å². The van der Waals surface area contributed by atoms with Gasteiger partial charge in [0.25, 0.3) is 0 Å². The lowest BCUT2D eigenvalue weighted by Gasteiger charge is -2.11. The third-order valence-electron chi connectivity index (χ3n) is 4.10. The number of nitrogens with one attached hydrogen (secondary N) is 2. The van der Waals surface area contributed by atoms with Gasteiger partial charge in [-0.3, -0.25) is 5.43 Å². The minimum Gasteiger partial charge on any atom is -0.507 e. The first-order chi connectivity index (χ1) is 12.0. The predicted molar refractivity (Wildman–Crippen MR) is 100.0 cm³/mol. The second-order valence-electron chi connectivity index (χ2n) is 5.79. The van der Waals surface area contributed by atoms with Gasteiger partial charge in [0.05, 0.1) is 18.5 Å². The quantitative estimate of drug-likeness (QED) is 0.576. The number of phenolic OH excluding ortho intramolecular Hbond substituents is 1. The van der Waals surface area contributed by atoms with E-state index in [2.05, 4.69) is 15.8 Å². The second-order valence-corrected chi connectivity index (χ2v) is 6.19. The average molecular weight is 359 g/mol. The number of ether oxygens (including phenoxy) is 1. The molecule has 0 saturated heterocycles. The maximum atomic E-state index is 14.0. The van der Waals surface area contributed by atoms with E-state index >= 15 is 0 Å². The van der Waals surface area contributed by atoms with E-state index in [0.717, 1.165) is 0 Å². The number of nitrogens with zero attached hydrogens (tertiary/aromatic N) is 1. The van der Waals surface area contributed by atoms with Crippen LogP contribution >= 0.6 is 12.2 Å². The van der Waals surface area contributed by atoms with E-state index in [1.165, 1.54) is 12.1 Å². The highest BCUT2D eigenvalue weighted by Gasteiger charge is 2.30. The van der Waals surface area contributed by atoms with Gasteiger partial charge >= 0.3 is 0 Å².